The van der Waals surface area contributed by atoms with E-state index in [9.17, 15) is 0 Å². The minimum atomic E-state index is 0.321. The minimum Gasteiger partial charge on any atom is -0.489 e. The fourth-order valence-corrected chi connectivity index (χ4v) is 3.28. The van der Waals surface area contributed by atoms with Crippen LogP contribution in [0.25, 0.3) is 0 Å². The van der Waals surface area contributed by atoms with Crippen LogP contribution in [0.2, 0.25) is 0 Å². The van der Waals surface area contributed by atoms with E-state index in [1.165, 1.54) is 31.2 Å². The molecule has 1 saturated carbocycles. The van der Waals surface area contributed by atoms with Crippen LogP contribution in [-0.4, -0.2) is 18.7 Å². The Balaban J connectivity index is 2.09. The van der Waals surface area contributed by atoms with Crippen molar-refractivity contribution in [2.24, 2.45) is 5.92 Å². The molecule has 0 amide bonds. The molecule has 1 N–H and O–H groups in total. The van der Waals surface area contributed by atoms with Gasteiger partial charge in [0, 0.05) is 6.04 Å². The van der Waals surface area contributed by atoms with Gasteiger partial charge in [-0.1, -0.05) is 45.4 Å². The topological polar surface area (TPSA) is 21.3 Å². The largest absolute Gasteiger partial charge is 0.489 e. The molecule has 2 rings (SSSR count). The summed E-state index contributed by atoms with van der Waals surface area (Å²) in [6.07, 6.45) is 6.39. The molecule has 0 bridgehead atoms. The number of hydrogen-bond donors (Lipinski definition) is 1. The van der Waals surface area contributed by atoms with Crippen LogP contribution in [-0.2, 0) is 6.42 Å². The molecule has 0 spiro atoms. The highest BCUT2D eigenvalue weighted by Crippen LogP contribution is 2.31. The van der Waals surface area contributed by atoms with Gasteiger partial charge < -0.3 is 10.1 Å². The minimum absolute atomic E-state index is 0.321. The van der Waals surface area contributed by atoms with Crippen molar-refractivity contribution in [3.8, 4) is 5.75 Å². The predicted molar refractivity (Wildman–Crippen MR) is 85.3 cm³/mol. The van der Waals surface area contributed by atoms with Crippen LogP contribution in [0.1, 0.15) is 52.0 Å². The van der Waals surface area contributed by atoms with Gasteiger partial charge >= 0.3 is 0 Å². The van der Waals surface area contributed by atoms with Crippen LogP contribution in [0.3, 0.4) is 0 Å². The Morgan fingerprint density at radius 2 is 1.95 bits per heavy atom. The first kappa shape index (κ1) is 15.4. The molecule has 2 nitrogen and oxygen atoms in total. The second-order valence-electron chi connectivity index (χ2n) is 5.87. The van der Waals surface area contributed by atoms with Crippen molar-refractivity contribution in [2.45, 2.75) is 65.0 Å². The molecule has 1 fully saturated rings. The summed E-state index contributed by atoms with van der Waals surface area (Å²) in [5, 5.41) is 3.61. The van der Waals surface area contributed by atoms with Gasteiger partial charge in [-0.15, -0.1) is 0 Å². The predicted octanol–water partition coefficient (Wildman–Crippen LogP) is 4.18. The van der Waals surface area contributed by atoms with Gasteiger partial charge in [0.05, 0.1) is 0 Å². The zero-order chi connectivity index (χ0) is 14.4. The van der Waals surface area contributed by atoms with E-state index in [4.69, 9.17) is 4.74 Å². The highest BCUT2D eigenvalue weighted by molar-refractivity contribution is 5.33. The summed E-state index contributed by atoms with van der Waals surface area (Å²) in [5.41, 5.74) is 1.32. The molecule has 1 aromatic rings. The molecule has 0 aliphatic heterocycles. The van der Waals surface area contributed by atoms with E-state index >= 15 is 0 Å². The Bertz CT molecular complexity index is 404. The Morgan fingerprint density at radius 1 is 1.15 bits per heavy atom. The maximum atomic E-state index is 6.41. The van der Waals surface area contributed by atoms with Crippen LogP contribution >= 0.6 is 0 Å². The number of likely N-dealkylation sites (N-methyl/N-ethyl adjacent to an activating group) is 1. The van der Waals surface area contributed by atoms with Gasteiger partial charge in [-0.3, -0.25) is 0 Å². The van der Waals surface area contributed by atoms with E-state index in [1.54, 1.807) is 0 Å². The quantitative estimate of drug-likeness (QED) is 0.840. The van der Waals surface area contributed by atoms with Gasteiger partial charge in [0.1, 0.15) is 11.9 Å². The summed E-state index contributed by atoms with van der Waals surface area (Å²) in [7, 11) is 0. The molecule has 112 valence electrons. The number of rotatable bonds is 6. The Labute approximate surface area is 123 Å². The van der Waals surface area contributed by atoms with Crippen LogP contribution in [0, 0.1) is 5.92 Å². The summed E-state index contributed by atoms with van der Waals surface area (Å²) in [6, 6.07) is 8.99. The summed E-state index contributed by atoms with van der Waals surface area (Å²) in [6.45, 7) is 7.70. The normalized spacial score (nSPS) is 26.4. The van der Waals surface area contributed by atoms with Crippen molar-refractivity contribution in [1.82, 2.24) is 5.32 Å². The van der Waals surface area contributed by atoms with E-state index in [1.807, 2.05) is 0 Å². The molecule has 1 aliphatic rings. The van der Waals surface area contributed by atoms with Crippen LogP contribution in [0.15, 0.2) is 24.3 Å². The first-order valence-corrected chi connectivity index (χ1v) is 8.26. The SMILES string of the molecule is CCNC1CCC(CC)CC1Oc1ccccc1CC. The van der Waals surface area contributed by atoms with Crippen LogP contribution < -0.4 is 10.1 Å². The standard InChI is InChI=1S/C18H29NO/c1-4-14-11-12-16(19-6-3)18(13-14)20-17-10-8-7-9-15(17)5-2/h7-10,14,16,18-19H,4-6,11-13H2,1-3H3. The van der Waals surface area contributed by atoms with Gasteiger partial charge in [-0.25, -0.2) is 0 Å². The van der Waals surface area contributed by atoms with E-state index in [2.05, 4.69) is 50.4 Å². The van der Waals surface area contributed by atoms with E-state index in [-0.39, 0.29) is 0 Å². The zero-order valence-corrected chi connectivity index (χ0v) is 13.2. The summed E-state index contributed by atoms with van der Waals surface area (Å²) in [5.74, 6) is 1.91. The molecule has 0 heterocycles. The fraction of sp³-hybridized carbons (Fsp3) is 0.667. The fourth-order valence-electron chi connectivity index (χ4n) is 3.28. The number of hydrogen-bond acceptors (Lipinski definition) is 2. The monoisotopic (exact) mass is 275 g/mol. The lowest BCUT2D eigenvalue weighted by Crippen LogP contribution is -2.47. The lowest BCUT2D eigenvalue weighted by molar-refractivity contribution is 0.0848. The number of nitrogens with one attached hydrogen (secondary N) is 1. The second-order valence-corrected chi connectivity index (χ2v) is 5.87. The molecule has 0 aromatic heterocycles. The Kier molecular flexibility index (Phi) is 5.90. The maximum absolute atomic E-state index is 6.41. The first-order chi connectivity index (χ1) is 9.78. The third kappa shape index (κ3) is 3.76. The van der Waals surface area contributed by atoms with Crippen molar-refractivity contribution in [3.63, 3.8) is 0 Å². The molecule has 20 heavy (non-hydrogen) atoms. The number of aryl methyl sites for hydroxylation is 1. The van der Waals surface area contributed by atoms with Crippen molar-refractivity contribution < 1.29 is 4.74 Å². The maximum Gasteiger partial charge on any atom is 0.122 e. The van der Waals surface area contributed by atoms with Crippen LogP contribution in [0.5, 0.6) is 5.75 Å². The second kappa shape index (κ2) is 7.68. The van der Waals surface area contributed by atoms with Gasteiger partial charge in [-0.2, -0.15) is 0 Å². The highest BCUT2D eigenvalue weighted by Gasteiger charge is 2.31. The number of para-hydroxylation sites is 1. The van der Waals surface area contributed by atoms with Crippen molar-refractivity contribution in [3.05, 3.63) is 29.8 Å². The van der Waals surface area contributed by atoms with Gasteiger partial charge in [0.25, 0.3) is 0 Å². The van der Waals surface area contributed by atoms with Crippen molar-refractivity contribution >= 4 is 0 Å². The molecule has 2 heteroatoms. The molecule has 3 unspecified atom stereocenters. The van der Waals surface area contributed by atoms with Gasteiger partial charge in [-0.05, 0) is 49.8 Å². The first-order valence-electron chi connectivity index (χ1n) is 8.26. The smallest absolute Gasteiger partial charge is 0.122 e. The number of benzene rings is 1. The van der Waals surface area contributed by atoms with E-state index in [0.717, 1.165) is 24.6 Å². The average molecular weight is 275 g/mol. The summed E-state index contributed by atoms with van der Waals surface area (Å²) >= 11 is 0. The lowest BCUT2D eigenvalue weighted by Gasteiger charge is -2.36. The van der Waals surface area contributed by atoms with E-state index in [0.29, 0.717) is 12.1 Å². The molecule has 0 saturated heterocycles. The molecular weight excluding hydrogens is 246 g/mol. The molecular formula is C18H29NO. The van der Waals surface area contributed by atoms with E-state index < -0.39 is 0 Å². The summed E-state index contributed by atoms with van der Waals surface area (Å²) < 4.78 is 6.41. The molecule has 3 atom stereocenters. The Hall–Kier alpha value is -1.02. The zero-order valence-electron chi connectivity index (χ0n) is 13.2. The molecule has 0 radical (unpaired) electrons. The number of ether oxygens (including phenoxy) is 1. The van der Waals surface area contributed by atoms with Gasteiger partial charge in [0.2, 0.25) is 0 Å². The lowest BCUT2D eigenvalue weighted by atomic mass is 9.82. The van der Waals surface area contributed by atoms with Crippen molar-refractivity contribution in [1.29, 1.82) is 0 Å². The van der Waals surface area contributed by atoms with Crippen molar-refractivity contribution in [2.75, 3.05) is 6.54 Å². The highest BCUT2D eigenvalue weighted by atomic mass is 16.5. The average Bonchev–Trinajstić information content (AvgIpc) is 2.49. The van der Waals surface area contributed by atoms with Gasteiger partial charge in [0.15, 0.2) is 0 Å². The molecule has 1 aliphatic carbocycles. The van der Waals surface area contributed by atoms with Crippen LogP contribution in [0.4, 0.5) is 0 Å². The molecule has 1 aromatic carbocycles. The summed E-state index contributed by atoms with van der Waals surface area (Å²) in [4.78, 5) is 0. The third-order valence-electron chi connectivity index (χ3n) is 4.58. The Morgan fingerprint density at radius 3 is 2.65 bits per heavy atom. The third-order valence-corrected chi connectivity index (χ3v) is 4.58.